The molecule has 0 aliphatic heterocycles. The van der Waals surface area contributed by atoms with Gasteiger partial charge in [0.1, 0.15) is 28.4 Å². The molecule has 0 unspecified atom stereocenters. The maximum atomic E-state index is 11.5. The summed E-state index contributed by atoms with van der Waals surface area (Å²) in [5.74, 6) is 8.74. The van der Waals surface area contributed by atoms with E-state index in [9.17, 15) is 4.79 Å². The summed E-state index contributed by atoms with van der Waals surface area (Å²) in [6.07, 6.45) is 0. The Morgan fingerprint density at radius 1 is 0.897 bits per heavy atom. The van der Waals surface area contributed by atoms with Crippen LogP contribution in [0.5, 0.6) is 11.5 Å². The third-order valence-corrected chi connectivity index (χ3v) is 4.71. The molecule has 0 aliphatic carbocycles. The molecule has 29 heavy (non-hydrogen) atoms. The number of ether oxygens (including phenoxy) is 2. The lowest BCUT2D eigenvalue weighted by atomic mass is 10.0. The zero-order valence-corrected chi connectivity index (χ0v) is 16.7. The van der Waals surface area contributed by atoms with Crippen molar-refractivity contribution < 1.29 is 18.3 Å². The molecule has 0 amide bonds. The van der Waals surface area contributed by atoms with E-state index in [-0.39, 0.29) is 11.5 Å². The van der Waals surface area contributed by atoms with Crippen LogP contribution in [0, 0.1) is 11.8 Å². The average molecular weight is 388 g/mol. The third kappa shape index (κ3) is 3.45. The quantitative estimate of drug-likeness (QED) is 0.362. The highest BCUT2D eigenvalue weighted by Gasteiger charge is 2.17. The second-order valence-corrected chi connectivity index (χ2v) is 6.95. The van der Waals surface area contributed by atoms with Crippen molar-refractivity contribution in [1.82, 2.24) is 0 Å². The minimum absolute atomic E-state index is 0.139. The van der Waals surface area contributed by atoms with Crippen molar-refractivity contribution in [2.24, 2.45) is 0 Å². The number of methoxy groups -OCH3 is 2. The molecule has 4 aromatic rings. The van der Waals surface area contributed by atoms with Crippen molar-refractivity contribution >= 4 is 21.9 Å². The predicted octanol–water partition coefficient (Wildman–Crippen LogP) is 5.08. The summed E-state index contributed by atoms with van der Waals surface area (Å²) in [4.78, 5) is 11.5. The third-order valence-electron chi connectivity index (χ3n) is 4.71. The van der Waals surface area contributed by atoms with Gasteiger partial charge in [-0.2, -0.15) is 0 Å². The molecule has 0 radical (unpaired) electrons. The highest BCUT2D eigenvalue weighted by Crippen LogP contribution is 2.33. The van der Waals surface area contributed by atoms with Gasteiger partial charge in [-0.1, -0.05) is 25.7 Å². The monoisotopic (exact) mass is 388 g/mol. The fourth-order valence-corrected chi connectivity index (χ4v) is 3.25. The summed E-state index contributed by atoms with van der Waals surface area (Å²) in [6.45, 7) is 4.10. The van der Waals surface area contributed by atoms with E-state index in [1.54, 1.807) is 32.4 Å². The zero-order valence-electron chi connectivity index (χ0n) is 16.7. The van der Waals surface area contributed by atoms with Gasteiger partial charge in [-0.25, -0.2) is 4.79 Å². The first kappa shape index (κ1) is 18.7. The molecular formula is C24H20O5. The van der Waals surface area contributed by atoms with Crippen LogP contribution in [0.15, 0.2) is 56.1 Å². The predicted molar refractivity (Wildman–Crippen MR) is 112 cm³/mol. The minimum Gasteiger partial charge on any atom is -0.497 e. The van der Waals surface area contributed by atoms with Crippen molar-refractivity contribution in [2.75, 3.05) is 14.2 Å². The largest absolute Gasteiger partial charge is 0.497 e. The topological polar surface area (TPSA) is 61.8 Å². The SMILES string of the molecule is COc1ccc(C#Cc2c(C(C)C)oc3cc4oc(=O)ccc4cc23)c(OC)c1. The van der Waals surface area contributed by atoms with E-state index in [0.717, 1.165) is 27.7 Å². The van der Waals surface area contributed by atoms with Gasteiger partial charge in [-0.3, -0.25) is 0 Å². The van der Waals surface area contributed by atoms with Crippen LogP contribution >= 0.6 is 0 Å². The number of furan rings is 1. The van der Waals surface area contributed by atoms with E-state index in [4.69, 9.17) is 18.3 Å². The van der Waals surface area contributed by atoms with Crippen LogP contribution in [0.3, 0.4) is 0 Å². The van der Waals surface area contributed by atoms with Crippen LogP contribution in [0.4, 0.5) is 0 Å². The lowest BCUT2D eigenvalue weighted by molar-refractivity contribution is 0.393. The van der Waals surface area contributed by atoms with E-state index >= 15 is 0 Å². The van der Waals surface area contributed by atoms with Crippen molar-refractivity contribution in [2.45, 2.75) is 19.8 Å². The molecule has 0 saturated heterocycles. The Labute approximate surface area is 167 Å². The Morgan fingerprint density at radius 3 is 2.45 bits per heavy atom. The molecular weight excluding hydrogens is 368 g/mol. The summed E-state index contributed by atoms with van der Waals surface area (Å²) in [7, 11) is 3.21. The van der Waals surface area contributed by atoms with E-state index < -0.39 is 0 Å². The molecule has 4 rings (SSSR count). The average Bonchev–Trinajstić information content (AvgIpc) is 3.08. The fraction of sp³-hybridized carbons (Fsp3) is 0.208. The summed E-state index contributed by atoms with van der Waals surface area (Å²) < 4.78 is 22.0. The molecule has 0 atom stereocenters. The number of rotatable bonds is 3. The normalized spacial score (nSPS) is 10.9. The van der Waals surface area contributed by atoms with Gasteiger partial charge in [0.25, 0.3) is 0 Å². The Balaban J connectivity index is 1.92. The molecule has 2 heterocycles. The van der Waals surface area contributed by atoms with Crippen LogP contribution in [-0.4, -0.2) is 14.2 Å². The lowest BCUT2D eigenvalue weighted by Gasteiger charge is -2.06. The molecule has 146 valence electrons. The molecule has 0 N–H and O–H groups in total. The minimum atomic E-state index is -0.390. The summed E-state index contributed by atoms with van der Waals surface area (Å²) in [5, 5.41) is 1.70. The summed E-state index contributed by atoms with van der Waals surface area (Å²) >= 11 is 0. The fourth-order valence-electron chi connectivity index (χ4n) is 3.25. The molecule has 0 aliphatic rings. The van der Waals surface area contributed by atoms with Gasteiger partial charge in [0.2, 0.25) is 0 Å². The van der Waals surface area contributed by atoms with Crippen molar-refractivity contribution in [3.8, 4) is 23.3 Å². The molecule has 0 spiro atoms. The highest BCUT2D eigenvalue weighted by molar-refractivity contribution is 5.96. The van der Waals surface area contributed by atoms with Gasteiger partial charge in [0.05, 0.1) is 25.3 Å². The molecule has 5 heteroatoms. The Bertz CT molecular complexity index is 1330. The highest BCUT2D eigenvalue weighted by atomic mass is 16.5. The molecule has 5 nitrogen and oxygen atoms in total. The van der Waals surface area contributed by atoms with Gasteiger partial charge < -0.3 is 18.3 Å². The van der Waals surface area contributed by atoms with Crippen LogP contribution in [0.25, 0.3) is 21.9 Å². The van der Waals surface area contributed by atoms with Gasteiger partial charge in [0.15, 0.2) is 0 Å². The Hall–Kier alpha value is -3.65. The van der Waals surface area contributed by atoms with E-state index in [1.165, 1.54) is 6.07 Å². The summed E-state index contributed by atoms with van der Waals surface area (Å²) in [5.41, 5.74) is 2.32. The van der Waals surface area contributed by atoms with Crippen molar-refractivity contribution in [3.63, 3.8) is 0 Å². The first-order valence-electron chi connectivity index (χ1n) is 9.24. The number of hydrogen-bond acceptors (Lipinski definition) is 5. The van der Waals surface area contributed by atoms with Crippen molar-refractivity contribution in [1.29, 1.82) is 0 Å². The smallest absolute Gasteiger partial charge is 0.336 e. The van der Waals surface area contributed by atoms with Crippen LogP contribution < -0.4 is 15.1 Å². The second-order valence-electron chi connectivity index (χ2n) is 6.95. The summed E-state index contributed by atoms with van der Waals surface area (Å²) in [6, 6.07) is 12.4. The molecule has 0 bridgehead atoms. The van der Waals surface area contributed by atoms with Crippen molar-refractivity contribution in [3.05, 3.63) is 69.8 Å². The zero-order chi connectivity index (χ0) is 20.5. The van der Waals surface area contributed by atoms with Gasteiger partial charge >= 0.3 is 5.63 Å². The molecule has 0 saturated carbocycles. The van der Waals surface area contributed by atoms with E-state index in [2.05, 4.69) is 25.7 Å². The Morgan fingerprint density at radius 2 is 1.72 bits per heavy atom. The molecule has 2 aromatic heterocycles. The standard InChI is InChI=1S/C24H20O5/c1-14(2)24-18(9-6-15-5-8-17(26-3)12-20(15)27-4)19-11-16-7-10-23(25)28-21(16)13-22(19)29-24/h5,7-8,10-14H,1-4H3. The maximum absolute atomic E-state index is 11.5. The van der Waals surface area contributed by atoms with Gasteiger partial charge in [-0.05, 0) is 24.3 Å². The number of hydrogen-bond donors (Lipinski definition) is 0. The van der Waals surface area contributed by atoms with Crippen LogP contribution in [-0.2, 0) is 0 Å². The van der Waals surface area contributed by atoms with Gasteiger partial charge in [0, 0.05) is 34.9 Å². The van der Waals surface area contributed by atoms with Crippen LogP contribution in [0.2, 0.25) is 0 Å². The number of fused-ring (bicyclic) bond motifs is 2. The molecule has 2 aromatic carbocycles. The lowest BCUT2D eigenvalue weighted by Crippen LogP contribution is -1.94. The van der Waals surface area contributed by atoms with Gasteiger partial charge in [-0.15, -0.1) is 0 Å². The maximum Gasteiger partial charge on any atom is 0.336 e. The first-order chi connectivity index (χ1) is 14.0. The first-order valence-corrected chi connectivity index (χ1v) is 9.24. The molecule has 0 fully saturated rings. The second kappa shape index (κ2) is 7.40. The van der Waals surface area contributed by atoms with E-state index in [0.29, 0.717) is 22.7 Å². The number of benzene rings is 2. The van der Waals surface area contributed by atoms with Crippen LogP contribution in [0.1, 0.15) is 36.7 Å². The Kier molecular flexibility index (Phi) is 4.77. The van der Waals surface area contributed by atoms with E-state index in [1.807, 2.05) is 18.2 Å².